The van der Waals surface area contributed by atoms with Crippen molar-refractivity contribution in [3.05, 3.63) is 33.9 Å². The second-order valence-corrected chi connectivity index (χ2v) is 6.70. The van der Waals surface area contributed by atoms with Crippen molar-refractivity contribution in [1.82, 2.24) is 4.72 Å². The van der Waals surface area contributed by atoms with Crippen LogP contribution in [0.1, 0.15) is 32.8 Å². The number of aryl methyl sites for hydroxylation is 1. The summed E-state index contributed by atoms with van der Waals surface area (Å²) >= 11 is 0. The summed E-state index contributed by atoms with van der Waals surface area (Å²) in [5, 5.41) is 10.7. The lowest BCUT2D eigenvalue weighted by molar-refractivity contribution is -0.385. The highest BCUT2D eigenvalue weighted by Gasteiger charge is 2.27. The van der Waals surface area contributed by atoms with Crippen molar-refractivity contribution in [2.24, 2.45) is 0 Å². The predicted octanol–water partition coefficient (Wildman–Crippen LogP) is 2.37. The van der Waals surface area contributed by atoms with E-state index in [0.717, 1.165) is 6.07 Å². The molecular formula is C12H18N2O4S. The number of hydrogen-bond acceptors (Lipinski definition) is 4. The van der Waals surface area contributed by atoms with Gasteiger partial charge in [-0.05, 0) is 32.8 Å². The summed E-state index contributed by atoms with van der Waals surface area (Å²) in [7, 11) is -3.77. The zero-order valence-corrected chi connectivity index (χ0v) is 12.2. The fourth-order valence-electron chi connectivity index (χ4n) is 1.48. The molecule has 0 bridgehead atoms. The van der Waals surface area contributed by atoms with E-state index >= 15 is 0 Å². The number of nitrogens with one attached hydrogen (secondary N) is 1. The molecule has 0 aliphatic rings. The standard InChI is InChI=1S/C12H18N2O4S/c1-5-12(3,4)13-19(17,18)11-8-10(14(15)16)7-6-9(11)2/h6-8,13H,5H2,1-4H3. The monoisotopic (exact) mass is 286 g/mol. The molecule has 6 nitrogen and oxygen atoms in total. The van der Waals surface area contributed by atoms with Crippen LogP contribution in [0.5, 0.6) is 0 Å². The first kappa shape index (κ1) is 15.6. The number of nitro groups is 1. The number of nitrogens with zero attached hydrogens (tertiary/aromatic N) is 1. The van der Waals surface area contributed by atoms with Crippen LogP contribution < -0.4 is 4.72 Å². The van der Waals surface area contributed by atoms with Crippen molar-refractivity contribution in [2.45, 2.75) is 44.6 Å². The van der Waals surface area contributed by atoms with Gasteiger partial charge in [0.1, 0.15) is 0 Å². The van der Waals surface area contributed by atoms with Gasteiger partial charge in [0, 0.05) is 17.7 Å². The van der Waals surface area contributed by atoms with E-state index in [0.29, 0.717) is 12.0 Å². The van der Waals surface area contributed by atoms with Gasteiger partial charge >= 0.3 is 0 Å². The molecule has 0 radical (unpaired) electrons. The average molecular weight is 286 g/mol. The van der Waals surface area contributed by atoms with Gasteiger partial charge in [-0.2, -0.15) is 0 Å². The molecular weight excluding hydrogens is 268 g/mol. The zero-order valence-electron chi connectivity index (χ0n) is 11.4. The second-order valence-electron chi connectivity index (χ2n) is 5.05. The Labute approximate surface area is 113 Å². The van der Waals surface area contributed by atoms with Crippen molar-refractivity contribution < 1.29 is 13.3 Å². The molecule has 0 spiro atoms. The highest BCUT2D eigenvalue weighted by atomic mass is 32.2. The van der Waals surface area contributed by atoms with E-state index < -0.39 is 20.5 Å². The van der Waals surface area contributed by atoms with Gasteiger partial charge in [-0.1, -0.05) is 13.0 Å². The van der Waals surface area contributed by atoms with Gasteiger partial charge in [-0.15, -0.1) is 0 Å². The summed E-state index contributed by atoms with van der Waals surface area (Å²) < 4.78 is 27.1. The Morgan fingerprint density at radius 1 is 1.37 bits per heavy atom. The lowest BCUT2D eigenvalue weighted by Crippen LogP contribution is -2.42. The lowest BCUT2D eigenvalue weighted by atomic mass is 10.0. The van der Waals surface area contributed by atoms with Crippen LogP contribution in [-0.2, 0) is 10.0 Å². The summed E-state index contributed by atoms with van der Waals surface area (Å²) in [6.07, 6.45) is 0.611. The first-order valence-corrected chi connectivity index (χ1v) is 7.36. The minimum Gasteiger partial charge on any atom is -0.258 e. The van der Waals surface area contributed by atoms with Crippen LogP contribution in [-0.4, -0.2) is 18.9 Å². The van der Waals surface area contributed by atoms with Gasteiger partial charge in [0.25, 0.3) is 5.69 Å². The summed E-state index contributed by atoms with van der Waals surface area (Å²) in [6.45, 7) is 6.99. The van der Waals surface area contributed by atoms with E-state index in [2.05, 4.69) is 4.72 Å². The maximum Gasteiger partial charge on any atom is 0.270 e. The van der Waals surface area contributed by atoms with E-state index in [4.69, 9.17) is 0 Å². The number of rotatable bonds is 5. The topological polar surface area (TPSA) is 89.3 Å². The predicted molar refractivity (Wildman–Crippen MR) is 72.5 cm³/mol. The normalized spacial score (nSPS) is 12.4. The molecule has 1 rings (SSSR count). The van der Waals surface area contributed by atoms with Crippen LogP contribution in [0.3, 0.4) is 0 Å². The molecule has 106 valence electrons. The number of non-ortho nitro benzene ring substituents is 1. The van der Waals surface area contributed by atoms with E-state index in [1.54, 1.807) is 20.8 Å². The van der Waals surface area contributed by atoms with Crippen molar-refractivity contribution >= 4 is 15.7 Å². The van der Waals surface area contributed by atoms with Crippen LogP contribution in [0, 0.1) is 17.0 Å². The maximum atomic E-state index is 12.3. The molecule has 0 unspecified atom stereocenters. The smallest absolute Gasteiger partial charge is 0.258 e. The summed E-state index contributed by atoms with van der Waals surface area (Å²) in [6, 6.07) is 3.81. The molecule has 0 aromatic heterocycles. The van der Waals surface area contributed by atoms with Crippen LogP contribution in [0.25, 0.3) is 0 Å². The SMILES string of the molecule is CCC(C)(C)NS(=O)(=O)c1cc([N+](=O)[O-])ccc1C. The zero-order chi connectivity index (χ0) is 14.8. The molecule has 1 aromatic rings. The average Bonchev–Trinajstić information content (AvgIpc) is 2.27. The largest absolute Gasteiger partial charge is 0.270 e. The fourth-order valence-corrected chi connectivity index (χ4v) is 3.23. The van der Waals surface area contributed by atoms with Crippen LogP contribution in [0.2, 0.25) is 0 Å². The molecule has 0 saturated carbocycles. The molecule has 19 heavy (non-hydrogen) atoms. The van der Waals surface area contributed by atoms with Crippen LogP contribution in [0.4, 0.5) is 5.69 Å². The van der Waals surface area contributed by atoms with Gasteiger partial charge in [0.2, 0.25) is 10.0 Å². The Kier molecular flexibility index (Phi) is 4.32. The summed E-state index contributed by atoms with van der Waals surface area (Å²) in [5.41, 5.74) is -0.360. The van der Waals surface area contributed by atoms with E-state index in [-0.39, 0.29) is 10.6 Å². The van der Waals surface area contributed by atoms with Crippen LogP contribution in [0.15, 0.2) is 23.1 Å². The van der Waals surface area contributed by atoms with E-state index in [1.165, 1.54) is 12.1 Å². The highest BCUT2D eigenvalue weighted by Crippen LogP contribution is 2.23. The molecule has 0 saturated heterocycles. The molecule has 0 amide bonds. The molecule has 0 fully saturated rings. The molecule has 0 heterocycles. The number of sulfonamides is 1. The fraction of sp³-hybridized carbons (Fsp3) is 0.500. The van der Waals surface area contributed by atoms with Gasteiger partial charge in [0.05, 0.1) is 9.82 Å². The first-order valence-electron chi connectivity index (χ1n) is 5.88. The Hall–Kier alpha value is -1.47. The lowest BCUT2D eigenvalue weighted by Gasteiger charge is -2.24. The molecule has 7 heteroatoms. The van der Waals surface area contributed by atoms with Crippen LogP contribution >= 0.6 is 0 Å². The third-order valence-electron chi connectivity index (χ3n) is 2.97. The summed E-state index contributed by atoms with van der Waals surface area (Å²) in [5.74, 6) is 0. The Bertz CT molecular complexity index is 594. The van der Waals surface area contributed by atoms with Crippen molar-refractivity contribution in [3.8, 4) is 0 Å². The molecule has 1 aromatic carbocycles. The van der Waals surface area contributed by atoms with Crippen molar-refractivity contribution in [1.29, 1.82) is 0 Å². The number of nitro benzene ring substituents is 1. The first-order chi connectivity index (χ1) is 8.59. The third kappa shape index (κ3) is 3.74. The number of hydrogen-bond donors (Lipinski definition) is 1. The van der Waals surface area contributed by atoms with Gasteiger partial charge < -0.3 is 0 Å². The Morgan fingerprint density at radius 3 is 2.42 bits per heavy atom. The van der Waals surface area contributed by atoms with Crippen molar-refractivity contribution in [2.75, 3.05) is 0 Å². The second kappa shape index (κ2) is 5.26. The van der Waals surface area contributed by atoms with E-state index in [1.807, 2.05) is 6.92 Å². The number of benzene rings is 1. The molecule has 0 aliphatic heterocycles. The van der Waals surface area contributed by atoms with E-state index in [9.17, 15) is 18.5 Å². The quantitative estimate of drug-likeness (QED) is 0.664. The van der Waals surface area contributed by atoms with Gasteiger partial charge in [-0.25, -0.2) is 13.1 Å². The minimum atomic E-state index is -3.77. The molecule has 0 aliphatic carbocycles. The molecule has 1 N–H and O–H groups in total. The maximum absolute atomic E-state index is 12.3. The Balaban J connectivity index is 3.28. The minimum absolute atomic E-state index is 0.0526. The summed E-state index contributed by atoms with van der Waals surface area (Å²) in [4.78, 5) is 10.1. The highest BCUT2D eigenvalue weighted by molar-refractivity contribution is 7.89. The van der Waals surface area contributed by atoms with Gasteiger partial charge in [-0.3, -0.25) is 10.1 Å². The Morgan fingerprint density at radius 2 is 1.95 bits per heavy atom. The molecule has 0 atom stereocenters. The van der Waals surface area contributed by atoms with Crippen molar-refractivity contribution in [3.63, 3.8) is 0 Å². The third-order valence-corrected chi connectivity index (χ3v) is 4.81. The van der Waals surface area contributed by atoms with Gasteiger partial charge in [0.15, 0.2) is 0 Å².